The third kappa shape index (κ3) is 8.16. The van der Waals surface area contributed by atoms with E-state index in [1.807, 2.05) is 43.3 Å². The van der Waals surface area contributed by atoms with E-state index in [0.717, 1.165) is 22.3 Å². The molecular weight excluding hydrogens is 510 g/mol. The van der Waals surface area contributed by atoms with Crippen LogP contribution in [0.2, 0.25) is 0 Å². The van der Waals surface area contributed by atoms with Crippen LogP contribution >= 0.6 is 0 Å². The van der Waals surface area contributed by atoms with Gasteiger partial charge < -0.3 is 20.2 Å². The minimum absolute atomic E-state index is 0.0602. The minimum atomic E-state index is -0.784. The molecule has 0 aliphatic heterocycles. The Morgan fingerprint density at radius 1 is 1.02 bits per heavy atom. The highest BCUT2D eigenvalue weighted by Gasteiger charge is 2.35. The second kappa shape index (κ2) is 14.4. The molecule has 0 spiro atoms. The lowest BCUT2D eigenvalue weighted by atomic mass is 9.72. The fraction of sp³-hybridized carbons (Fsp3) is 0.500. The molecule has 1 aliphatic carbocycles. The van der Waals surface area contributed by atoms with Crippen molar-refractivity contribution in [3.63, 3.8) is 0 Å². The third-order valence-corrected chi connectivity index (χ3v) is 7.73. The number of hydrogen-bond acceptors (Lipinski definition) is 8. The number of aliphatic hydroxyl groups is 2. The molecule has 216 valence electrons. The Kier molecular flexibility index (Phi) is 11.3. The third-order valence-electron chi connectivity index (χ3n) is 7.73. The van der Waals surface area contributed by atoms with Crippen LogP contribution in [0.5, 0.6) is 5.75 Å². The number of rotatable bonds is 15. The predicted molar refractivity (Wildman–Crippen MR) is 152 cm³/mol. The van der Waals surface area contributed by atoms with Gasteiger partial charge in [0.15, 0.2) is 5.78 Å². The molecule has 8 heteroatoms. The smallest absolute Gasteiger partial charge is 0.167 e. The van der Waals surface area contributed by atoms with Gasteiger partial charge in [0.05, 0.1) is 25.1 Å². The summed E-state index contributed by atoms with van der Waals surface area (Å²) >= 11 is 0. The van der Waals surface area contributed by atoms with Gasteiger partial charge in [0.1, 0.15) is 23.1 Å². The van der Waals surface area contributed by atoms with Gasteiger partial charge in [-0.15, -0.1) is 0 Å². The summed E-state index contributed by atoms with van der Waals surface area (Å²) in [6, 6.07) is 11.2. The first kappa shape index (κ1) is 31.3. The summed E-state index contributed by atoms with van der Waals surface area (Å²) in [6.07, 6.45) is 2.21. The van der Waals surface area contributed by atoms with Crippen molar-refractivity contribution in [2.75, 3.05) is 33.9 Å². The average Bonchev–Trinajstić information content (AvgIpc) is 2.87. The molecule has 0 saturated heterocycles. The number of Topliss-reactive ketones (excluding diaryl/α,β-unsaturated/α-hetero) is 4. The van der Waals surface area contributed by atoms with Crippen LogP contribution in [0.3, 0.4) is 0 Å². The Morgan fingerprint density at radius 3 is 2.33 bits per heavy atom. The standard InChI is InChI=1S/C32H41NO7/c1-20(36)14-30(39)28(19-35)24(12-13-34)15-22-16-27-26(10-11-29(38)32(27)31(40)17-22)23-7-4-21(5-8-23)6-9-25(37)18-33(2)3/h4-5,7-8,10-11,22,24,28,34-35,38H,6,9,12-19H2,1-3H3. The van der Waals surface area contributed by atoms with E-state index in [9.17, 15) is 34.5 Å². The number of aliphatic hydroxyl groups excluding tert-OH is 2. The van der Waals surface area contributed by atoms with E-state index in [1.165, 1.54) is 13.0 Å². The van der Waals surface area contributed by atoms with Crippen molar-refractivity contribution in [2.24, 2.45) is 17.8 Å². The maximum absolute atomic E-state index is 13.2. The highest BCUT2D eigenvalue weighted by atomic mass is 16.3. The largest absolute Gasteiger partial charge is 0.507 e. The van der Waals surface area contributed by atoms with Crippen molar-refractivity contribution in [2.45, 2.75) is 51.9 Å². The highest BCUT2D eigenvalue weighted by Crippen LogP contribution is 2.41. The average molecular weight is 552 g/mol. The zero-order valence-electron chi connectivity index (χ0n) is 23.7. The van der Waals surface area contributed by atoms with Gasteiger partial charge >= 0.3 is 0 Å². The minimum Gasteiger partial charge on any atom is -0.507 e. The Labute approximate surface area is 236 Å². The van der Waals surface area contributed by atoms with Crippen molar-refractivity contribution in [1.29, 1.82) is 0 Å². The van der Waals surface area contributed by atoms with Gasteiger partial charge in [0.2, 0.25) is 0 Å². The quantitative estimate of drug-likeness (QED) is 0.287. The molecule has 0 fully saturated rings. The Morgan fingerprint density at radius 2 is 1.73 bits per heavy atom. The number of carbonyl (C=O) groups excluding carboxylic acids is 4. The molecule has 0 radical (unpaired) electrons. The van der Waals surface area contributed by atoms with E-state index in [-0.39, 0.29) is 66.6 Å². The number of hydrogen-bond donors (Lipinski definition) is 3. The lowest BCUT2D eigenvalue weighted by Crippen LogP contribution is -2.32. The number of likely N-dealkylation sites (N-methyl/N-ethyl adjacent to an activating group) is 1. The molecule has 2 aromatic rings. The van der Waals surface area contributed by atoms with Gasteiger partial charge in [-0.1, -0.05) is 30.3 Å². The van der Waals surface area contributed by atoms with Crippen LogP contribution in [0.1, 0.15) is 60.5 Å². The molecule has 3 rings (SSSR count). The summed E-state index contributed by atoms with van der Waals surface area (Å²) in [5.41, 5.74) is 3.83. The van der Waals surface area contributed by atoms with Crippen LogP contribution < -0.4 is 0 Å². The Hall–Kier alpha value is -3.20. The molecule has 0 bridgehead atoms. The molecule has 8 nitrogen and oxygen atoms in total. The van der Waals surface area contributed by atoms with Crippen LogP contribution in [0.25, 0.3) is 11.1 Å². The molecular formula is C32H41NO7. The number of aryl methyl sites for hydroxylation is 1. The summed E-state index contributed by atoms with van der Waals surface area (Å²) in [5, 5.41) is 30.2. The van der Waals surface area contributed by atoms with Crippen molar-refractivity contribution in [3.05, 3.63) is 53.1 Å². The van der Waals surface area contributed by atoms with Crippen LogP contribution in [0.15, 0.2) is 36.4 Å². The first-order valence-electron chi connectivity index (χ1n) is 13.9. The number of carbonyl (C=O) groups is 4. The van der Waals surface area contributed by atoms with Crippen LogP contribution in [-0.4, -0.2) is 77.2 Å². The van der Waals surface area contributed by atoms with E-state index in [4.69, 9.17) is 0 Å². The monoisotopic (exact) mass is 551 g/mol. The summed E-state index contributed by atoms with van der Waals surface area (Å²) < 4.78 is 0. The van der Waals surface area contributed by atoms with E-state index < -0.39 is 12.5 Å². The van der Waals surface area contributed by atoms with Gasteiger partial charge in [-0.3, -0.25) is 19.2 Å². The molecule has 2 aromatic carbocycles. The van der Waals surface area contributed by atoms with Crippen molar-refractivity contribution < 1.29 is 34.5 Å². The van der Waals surface area contributed by atoms with Gasteiger partial charge in [0, 0.05) is 25.4 Å². The van der Waals surface area contributed by atoms with E-state index in [2.05, 4.69) is 0 Å². The highest BCUT2D eigenvalue weighted by molar-refractivity contribution is 6.03. The van der Waals surface area contributed by atoms with Crippen LogP contribution in [-0.2, 0) is 27.2 Å². The summed E-state index contributed by atoms with van der Waals surface area (Å²) in [5.74, 6) is -2.01. The number of phenolic OH excluding ortho intramolecular Hbond substituents is 1. The molecule has 0 amide bonds. The zero-order chi connectivity index (χ0) is 29.4. The summed E-state index contributed by atoms with van der Waals surface area (Å²) in [6.45, 7) is 1.14. The Balaban J connectivity index is 1.83. The number of benzene rings is 2. The maximum Gasteiger partial charge on any atom is 0.167 e. The summed E-state index contributed by atoms with van der Waals surface area (Å²) in [4.78, 5) is 51.3. The van der Waals surface area contributed by atoms with Gasteiger partial charge in [-0.25, -0.2) is 0 Å². The van der Waals surface area contributed by atoms with Crippen LogP contribution in [0.4, 0.5) is 0 Å². The molecule has 3 atom stereocenters. The van der Waals surface area contributed by atoms with Crippen LogP contribution in [0, 0.1) is 17.8 Å². The SMILES string of the molecule is CC(=O)CC(=O)C(CO)C(CCO)CC1CC(=O)c2c(O)ccc(-c3ccc(CCC(=O)CN(C)C)cc3)c2C1. The first-order chi connectivity index (χ1) is 19.0. The zero-order valence-corrected chi connectivity index (χ0v) is 23.7. The molecule has 0 heterocycles. The molecule has 1 aliphatic rings. The normalized spacial score (nSPS) is 16.4. The number of nitrogens with zero attached hydrogens (tertiary/aromatic N) is 1. The van der Waals surface area contributed by atoms with Crippen molar-refractivity contribution in [3.8, 4) is 16.9 Å². The fourth-order valence-corrected chi connectivity index (χ4v) is 5.85. The molecule has 3 unspecified atom stereocenters. The van der Waals surface area contributed by atoms with E-state index in [1.54, 1.807) is 6.07 Å². The lowest BCUT2D eigenvalue weighted by Gasteiger charge is -2.31. The van der Waals surface area contributed by atoms with Crippen molar-refractivity contribution in [1.82, 2.24) is 4.90 Å². The van der Waals surface area contributed by atoms with E-state index in [0.29, 0.717) is 37.8 Å². The molecule has 3 N–H and O–H groups in total. The molecule has 0 saturated carbocycles. The predicted octanol–water partition coefficient (Wildman–Crippen LogP) is 3.41. The van der Waals surface area contributed by atoms with Gasteiger partial charge in [-0.2, -0.15) is 0 Å². The molecule has 0 aromatic heterocycles. The van der Waals surface area contributed by atoms with E-state index >= 15 is 0 Å². The molecule has 40 heavy (non-hydrogen) atoms. The number of fused-ring (bicyclic) bond motifs is 1. The second-order valence-corrected chi connectivity index (χ2v) is 11.3. The topological polar surface area (TPSA) is 132 Å². The number of ketones is 4. The van der Waals surface area contributed by atoms with Gasteiger partial charge in [-0.05, 0) is 86.9 Å². The number of aromatic hydroxyl groups is 1. The summed E-state index contributed by atoms with van der Waals surface area (Å²) in [7, 11) is 3.73. The fourth-order valence-electron chi connectivity index (χ4n) is 5.85. The Bertz CT molecular complexity index is 1220. The number of phenols is 1. The maximum atomic E-state index is 13.2. The second-order valence-electron chi connectivity index (χ2n) is 11.3. The lowest BCUT2D eigenvalue weighted by molar-refractivity contribution is -0.131. The van der Waals surface area contributed by atoms with Gasteiger partial charge in [0.25, 0.3) is 0 Å². The first-order valence-corrected chi connectivity index (χ1v) is 13.9. The van der Waals surface area contributed by atoms with Crippen molar-refractivity contribution >= 4 is 23.1 Å².